The summed E-state index contributed by atoms with van der Waals surface area (Å²) in [5.41, 5.74) is 0.673. The third-order valence-corrected chi connectivity index (χ3v) is 5.61. The maximum Gasteiger partial charge on any atom is 0.272 e. The van der Waals surface area contributed by atoms with E-state index in [0.29, 0.717) is 28.8 Å². The van der Waals surface area contributed by atoms with E-state index in [0.717, 1.165) is 0 Å². The summed E-state index contributed by atoms with van der Waals surface area (Å²) >= 11 is 3.35. The van der Waals surface area contributed by atoms with Crippen LogP contribution in [0.5, 0.6) is 5.88 Å². The highest BCUT2D eigenvalue weighted by atomic mass is 79.9. The highest BCUT2D eigenvalue weighted by molar-refractivity contribution is 9.10. The number of aliphatic hydroxyl groups is 1. The second-order valence-corrected chi connectivity index (χ2v) is 8.45. The van der Waals surface area contributed by atoms with Gasteiger partial charge in [-0.2, -0.15) is 0 Å². The van der Waals surface area contributed by atoms with Gasteiger partial charge in [-0.1, -0.05) is 13.0 Å². The van der Waals surface area contributed by atoms with Crippen molar-refractivity contribution in [2.45, 2.75) is 26.0 Å². The van der Waals surface area contributed by atoms with Gasteiger partial charge in [0.25, 0.3) is 11.8 Å². The molecule has 0 aliphatic carbocycles. The molecule has 0 bridgehead atoms. The Balaban J connectivity index is 1.90. The molecule has 1 N–H and O–H groups in total. The van der Waals surface area contributed by atoms with Crippen molar-refractivity contribution in [2.24, 2.45) is 5.92 Å². The van der Waals surface area contributed by atoms with Gasteiger partial charge in [0, 0.05) is 36.4 Å². The normalized spacial score (nSPS) is 19.9. The average Bonchev–Trinajstić information content (AvgIpc) is 2.76. The molecule has 3 atom stereocenters. The van der Waals surface area contributed by atoms with Crippen LogP contribution in [0.3, 0.4) is 0 Å². The van der Waals surface area contributed by atoms with Crippen LogP contribution in [0.15, 0.2) is 41.1 Å². The van der Waals surface area contributed by atoms with E-state index in [4.69, 9.17) is 4.74 Å². The van der Waals surface area contributed by atoms with Crippen molar-refractivity contribution in [1.29, 1.82) is 0 Å². The number of ether oxygens (including phenoxy) is 1. The van der Waals surface area contributed by atoms with Crippen molar-refractivity contribution in [3.8, 4) is 5.88 Å². The Morgan fingerprint density at radius 2 is 2.20 bits per heavy atom. The first-order chi connectivity index (χ1) is 14.3. The molecule has 0 fully saturated rings. The van der Waals surface area contributed by atoms with E-state index in [-0.39, 0.29) is 36.3 Å². The first kappa shape index (κ1) is 22.2. The van der Waals surface area contributed by atoms with Crippen LogP contribution in [0, 0.1) is 5.92 Å². The zero-order chi connectivity index (χ0) is 21.8. The summed E-state index contributed by atoms with van der Waals surface area (Å²) in [6.07, 6.45) is 2.74. The molecule has 160 valence electrons. The number of likely N-dealkylation sites (N-methyl/N-ethyl adjacent to an activating group) is 1. The molecule has 3 heterocycles. The number of nitrogens with zero attached hydrogens (tertiary/aromatic N) is 4. The molecule has 8 nitrogen and oxygen atoms in total. The monoisotopic (exact) mass is 476 g/mol. The third kappa shape index (κ3) is 4.79. The van der Waals surface area contributed by atoms with Crippen LogP contribution in [-0.4, -0.2) is 75.6 Å². The van der Waals surface area contributed by atoms with Crippen LogP contribution in [-0.2, 0) is 0 Å². The lowest BCUT2D eigenvalue weighted by atomic mass is 10.00. The fourth-order valence-corrected chi connectivity index (χ4v) is 3.66. The van der Waals surface area contributed by atoms with Gasteiger partial charge in [0.15, 0.2) is 0 Å². The largest absolute Gasteiger partial charge is 0.472 e. The maximum atomic E-state index is 13.1. The fourth-order valence-electron chi connectivity index (χ4n) is 3.33. The van der Waals surface area contributed by atoms with Crippen LogP contribution in [0.2, 0.25) is 0 Å². The van der Waals surface area contributed by atoms with Crippen LogP contribution in [0.1, 0.15) is 34.7 Å². The number of pyridine rings is 2. The molecule has 9 heteroatoms. The van der Waals surface area contributed by atoms with Crippen LogP contribution >= 0.6 is 15.9 Å². The zero-order valence-corrected chi connectivity index (χ0v) is 18.7. The molecular weight excluding hydrogens is 452 g/mol. The van der Waals surface area contributed by atoms with Crippen LogP contribution < -0.4 is 4.74 Å². The number of aliphatic hydroxyl groups excluding tert-OH is 1. The Morgan fingerprint density at radius 1 is 1.43 bits per heavy atom. The SMILES string of the molecule is C[C@@H]1CN([C@@H](C)CO)C(=O)c2cc(Br)cnc2O[C@@H]1CN(C)C(=O)c1ccccn1. The van der Waals surface area contributed by atoms with Crippen molar-refractivity contribution in [3.63, 3.8) is 0 Å². The molecular formula is C21H25BrN4O4. The second kappa shape index (κ2) is 9.53. The maximum absolute atomic E-state index is 13.1. The summed E-state index contributed by atoms with van der Waals surface area (Å²) in [7, 11) is 1.70. The van der Waals surface area contributed by atoms with Gasteiger partial charge in [-0.3, -0.25) is 14.6 Å². The molecule has 0 spiro atoms. The van der Waals surface area contributed by atoms with Gasteiger partial charge in [0.1, 0.15) is 17.4 Å². The quantitative estimate of drug-likeness (QED) is 0.710. The Bertz CT molecular complexity index is 911. The van der Waals surface area contributed by atoms with Crippen molar-refractivity contribution in [1.82, 2.24) is 19.8 Å². The van der Waals surface area contributed by atoms with Gasteiger partial charge < -0.3 is 19.6 Å². The molecule has 1 aliphatic rings. The molecule has 2 aromatic rings. The molecule has 1 aliphatic heterocycles. The summed E-state index contributed by atoms with van der Waals surface area (Å²) < 4.78 is 6.79. The molecule has 0 radical (unpaired) electrons. The topological polar surface area (TPSA) is 95.9 Å². The third-order valence-electron chi connectivity index (χ3n) is 5.17. The van der Waals surface area contributed by atoms with E-state index in [1.54, 1.807) is 60.4 Å². The molecule has 0 aromatic carbocycles. The van der Waals surface area contributed by atoms with Gasteiger partial charge in [-0.05, 0) is 41.1 Å². The van der Waals surface area contributed by atoms with Crippen LogP contribution in [0.4, 0.5) is 0 Å². The minimum absolute atomic E-state index is 0.111. The van der Waals surface area contributed by atoms with Gasteiger partial charge >= 0.3 is 0 Å². The number of amides is 2. The average molecular weight is 477 g/mol. The minimum atomic E-state index is -0.406. The van der Waals surface area contributed by atoms with E-state index in [1.165, 1.54) is 0 Å². The molecule has 30 heavy (non-hydrogen) atoms. The number of hydrogen-bond donors (Lipinski definition) is 1. The van der Waals surface area contributed by atoms with Crippen molar-refractivity contribution in [2.75, 3.05) is 26.7 Å². The Morgan fingerprint density at radius 3 is 2.87 bits per heavy atom. The summed E-state index contributed by atoms with van der Waals surface area (Å²) in [5, 5.41) is 9.66. The molecule has 3 rings (SSSR count). The smallest absolute Gasteiger partial charge is 0.272 e. The summed E-state index contributed by atoms with van der Waals surface area (Å²) in [6.45, 7) is 4.27. The summed E-state index contributed by atoms with van der Waals surface area (Å²) in [6, 6.07) is 6.49. The molecule has 2 aromatic heterocycles. The second-order valence-electron chi connectivity index (χ2n) is 7.53. The first-order valence-corrected chi connectivity index (χ1v) is 10.5. The van der Waals surface area contributed by atoms with Crippen molar-refractivity contribution in [3.05, 3.63) is 52.4 Å². The number of carbonyl (C=O) groups excluding carboxylic acids is 2. The predicted octanol–water partition coefficient (Wildman–Crippen LogP) is 2.23. The Labute approximate surface area is 184 Å². The number of fused-ring (bicyclic) bond motifs is 1. The number of halogens is 1. The molecule has 0 saturated carbocycles. The van der Waals surface area contributed by atoms with Gasteiger partial charge in [0.2, 0.25) is 5.88 Å². The van der Waals surface area contributed by atoms with Crippen molar-refractivity contribution < 1.29 is 19.4 Å². The van der Waals surface area contributed by atoms with Crippen LogP contribution in [0.25, 0.3) is 0 Å². The first-order valence-electron chi connectivity index (χ1n) is 9.72. The molecule has 2 amide bonds. The Hall–Kier alpha value is -2.52. The van der Waals surface area contributed by atoms with Crippen molar-refractivity contribution >= 4 is 27.7 Å². The van der Waals surface area contributed by atoms with E-state index in [2.05, 4.69) is 25.9 Å². The summed E-state index contributed by atoms with van der Waals surface area (Å²) in [5.74, 6) is -0.355. The van der Waals surface area contributed by atoms with Gasteiger partial charge in [-0.25, -0.2) is 4.98 Å². The lowest BCUT2D eigenvalue weighted by Gasteiger charge is -2.37. The standard InChI is InChI=1S/C21H25BrN4O4/c1-13-10-26(14(2)12-27)20(28)16-8-15(22)9-24-19(16)30-18(13)11-25(3)21(29)17-6-4-5-7-23-17/h4-9,13-14,18,27H,10-12H2,1-3H3/t13-,14+,18-/m1/s1. The molecule has 0 unspecified atom stereocenters. The molecule has 0 saturated heterocycles. The lowest BCUT2D eigenvalue weighted by molar-refractivity contribution is 0.0312. The summed E-state index contributed by atoms with van der Waals surface area (Å²) in [4.78, 5) is 37.4. The zero-order valence-electron chi connectivity index (χ0n) is 17.2. The van der Waals surface area contributed by atoms with E-state index >= 15 is 0 Å². The van der Waals surface area contributed by atoms with E-state index in [9.17, 15) is 14.7 Å². The minimum Gasteiger partial charge on any atom is -0.472 e. The predicted molar refractivity (Wildman–Crippen MR) is 114 cm³/mol. The van der Waals surface area contributed by atoms with Gasteiger partial charge in [-0.15, -0.1) is 0 Å². The Kier molecular flexibility index (Phi) is 7.04. The highest BCUT2D eigenvalue weighted by Crippen LogP contribution is 2.28. The lowest BCUT2D eigenvalue weighted by Crippen LogP contribution is -2.50. The number of carbonyl (C=O) groups is 2. The highest BCUT2D eigenvalue weighted by Gasteiger charge is 2.34. The number of aromatic nitrogens is 2. The number of hydrogen-bond acceptors (Lipinski definition) is 6. The number of rotatable bonds is 5. The van der Waals surface area contributed by atoms with Gasteiger partial charge in [0.05, 0.1) is 19.2 Å². The van der Waals surface area contributed by atoms with E-state index < -0.39 is 6.10 Å². The fraction of sp³-hybridized carbons (Fsp3) is 0.429. The van der Waals surface area contributed by atoms with E-state index in [1.807, 2.05) is 6.92 Å².